The minimum atomic E-state index is -0.279. The second kappa shape index (κ2) is 21.2. The molecular formula is C54H64O3S3. The number of benzene rings is 3. The van der Waals surface area contributed by atoms with E-state index in [2.05, 4.69) is 112 Å². The van der Waals surface area contributed by atoms with Crippen molar-refractivity contribution in [2.24, 2.45) is 0 Å². The molecule has 7 rings (SSSR count). The van der Waals surface area contributed by atoms with Gasteiger partial charge in [-0.25, -0.2) is 4.79 Å². The summed E-state index contributed by atoms with van der Waals surface area (Å²) in [6.07, 6.45) is 19.2. The third-order valence-corrected chi connectivity index (χ3v) is 15.7. The van der Waals surface area contributed by atoms with Crippen LogP contribution in [0.15, 0.2) is 97.1 Å². The van der Waals surface area contributed by atoms with E-state index in [1.807, 2.05) is 34.0 Å². The standard InChI is InChI=1S/C54H64O3S3/c1-6-8-16-30-54(31-17-9-7-2)46-35-41(22-26-44(46)45-27-23-42(36-47(45)54)50-37-52-51(60-50)34-39(5)58-52)49-29-28-48(59-49)40-20-24-43(25-21-40)56-32-18-14-12-10-11-13-15-19-33-57-53(55)38(3)4/h20-29,34-37H,3,6-19,30-33H2,1-2,4-5H3. The largest absolute Gasteiger partial charge is 0.494 e. The molecule has 6 aromatic rings. The van der Waals surface area contributed by atoms with E-state index in [1.165, 1.54) is 140 Å². The first-order valence-electron chi connectivity index (χ1n) is 22.8. The molecule has 0 aliphatic heterocycles. The van der Waals surface area contributed by atoms with Crippen molar-refractivity contribution in [3.63, 3.8) is 0 Å². The maximum absolute atomic E-state index is 11.5. The van der Waals surface area contributed by atoms with Crippen LogP contribution in [0.5, 0.6) is 5.75 Å². The van der Waals surface area contributed by atoms with Crippen LogP contribution in [-0.4, -0.2) is 19.2 Å². The summed E-state index contributed by atoms with van der Waals surface area (Å²) >= 11 is 5.76. The smallest absolute Gasteiger partial charge is 0.333 e. The van der Waals surface area contributed by atoms with Gasteiger partial charge >= 0.3 is 5.97 Å². The van der Waals surface area contributed by atoms with Crippen LogP contribution in [0, 0.1) is 6.92 Å². The van der Waals surface area contributed by atoms with Gasteiger partial charge < -0.3 is 9.47 Å². The second-order valence-corrected chi connectivity index (χ2v) is 20.5. The molecule has 0 radical (unpaired) electrons. The molecule has 0 N–H and O–H groups in total. The minimum Gasteiger partial charge on any atom is -0.494 e. The molecule has 0 bridgehead atoms. The van der Waals surface area contributed by atoms with Crippen LogP contribution in [0.2, 0.25) is 0 Å². The summed E-state index contributed by atoms with van der Waals surface area (Å²) in [5.41, 5.74) is 10.5. The summed E-state index contributed by atoms with van der Waals surface area (Å²) in [6.45, 7) is 13.5. The highest BCUT2D eigenvalue weighted by molar-refractivity contribution is 7.29. The predicted octanol–water partition coefficient (Wildman–Crippen LogP) is 17.4. The molecule has 3 aromatic carbocycles. The number of ether oxygens (including phenoxy) is 2. The summed E-state index contributed by atoms with van der Waals surface area (Å²) in [6, 6.07) is 32.9. The fraction of sp³-hybridized carbons (Fsp3) is 0.426. The number of esters is 1. The molecule has 3 nitrogen and oxygen atoms in total. The van der Waals surface area contributed by atoms with E-state index in [4.69, 9.17) is 9.47 Å². The zero-order valence-corrected chi connectivity index (χ0v) is 38.9. The van der Waals surface area contributed by atoms with Crippen molar-refractivity contribution in [3.8, 4) is 48.2 Å². The highest BCUT2D eigenvalue weighted by Gasteiger charge is 2.42. The van der Waals surface area contributed by atoms with E-state index in [0.717, 1.165) is 31.6 Å². The van der Waals surface area contributed by atoms with Gasteiger partial charge in [0, 0.05) is 39.9 Å². The quantitative estimate of drug-likeness (QED) is 0.0346. The van der Waals surface area contributed by atoms with Gasteiger partial charge in [-0.3, -0.25) is 0 Å². The first-order valence-corrected chi connectivity index (χ1v) is 25.2. The van der Waals surface area contributed by atoms with Crippen molar-refractivity contribution >= 4 is 49.4 Å². The third-order valence-electron chi connectivity index (χ3n) is 12.3. The molecule has 0 saturated carbocycles. The van der Waals surface area contributed by atoms with Crippen LogP contribution in [0.1, 0.15) is 140 Å². The number of aryl methyl sites for hydroxylation is 1. The Labute approximate surface area is 371 Å². The zero-order chi connectivity index (χ0) is 41.9. The van der Waals surface area contributed by atoms with E-state index < -0.39 is 0 Å². The molecule has 1 aliphatic rings. The fourth-order valence-corrected chi connectivity index (χ4v) is 12.3. The van der Waals surface area contributed by atoms with E-state index >= 15 is 0 Å². The van der Waals surface area contributed by atoms with Crippen LogP contribution >= 0.6 is 34.0 Å². The van der Waals surface area contributed by atoms with Gasteiger partial charge in [0.25, 0.3) is 0 Å². The highest BCUT2D eigenvalue weighted by Crippen LogP contribution is 2.56. The van der Waals surface area contributed by atoms with Crippen LogP contribution in [0.3, 0.4) is 0 Å². The number of rotatable bonds is 24. The Hall–Kier alpha value is -3.97. The van der Waals surface area contributed by atoms with Crippen LogP contribution in [0.25, 0.3) is 51.8 Å². The molecule has 0 saturated heterocycles. The molecule has 60 heavy (non-hydrogen) atoms. The maximum Gasteiger partial charge on any atom is 0.333 e. The lowest BCUT2D eigenvalue weighted by Gasteiger charge is -2.33. The Morgan fingerprint density at radius 1 is 0.567 bits per heavy atom. The van der Waals surface area contributed by atoms with Crippen molar-refractivity contribution in [2.75, 3.05) is 13.2 Å². The number of fused-ring (bicyclic) bond motifs is 4. The average Bonchev–Trinajstić information content (AvgIpc) is 4.03. The van der Waals surface area contributed by atoms with Gasteiger partial charge in [-0.2, -0.15) is 0 Å². The molecule has 1 aliphatic carbocycles. The Morgan fingerprint density at radius 2 is 1.10 bits per heavy atom. The molecule has 3 aromatic heterocycles. The minimum absolute atomic E-state index is 0.0349. The Morgan fingerprint density at radius 3 is 1.68 bits per heavy atom. The van der Waals surface area contributed by atoms with Crippen molar-refractivity contribution < 1.29 is 14.3 Å². The predicted molar refractivity (Wildman–Crippen MR) is 261 cm³/mol. The van der Waals surface area contributed by atoms with Gasteiger partial charge in [0.1, 0.15) is 5.75 Å². The molecule has 0 atom stereocenters. The van der Waals surface area contributed by atoms with E-state index in [0.29, 0.717) is 12.2 Å². The lowest BCUT2D eigenvalue weighted by Crippen LogP contribution is -2.25. The molecule has 0 amide bonds. The van der Waals surface area contributed by atoms with E-state index in [1.54, 1.807) is 18.1 Å². The first kappa shape index (κ1) is 44.1. The number of carbonyl (C=O) groups excluding carboxylic acids is 1. The number of hydrogen-bond donors (Lipinski definition) is 0. The summed E-state index contributed by atoms with van der Waals surface area (Å²) in [4.78, 5) is 16.9. The summed E-state index contributed by atoms with van der Waals surface area (Å²) in [5.74, 6) is 0.666. The van der Waals surface area contributed by atoms with Crippen molar-refractivity contribution in [1.29, 1.82) is 0 Å². The number of carbonyl (C=O) groups is 1. The Kier molecular flexibility index (Phi) is 15.6. The summed E-state index contributed by atoms with van der Waals surface area (Å²) < 4.78 is 14.1. The zero-order valence-electron chi connectivity index (χ0n) is 36.5. The third kappa shape index (κ3) is 10.5. The van der Waals surface area contributed by atoms with Gasteiger partial charge in [0.2, 0.25) is 0 Å². The van der Waals surface area contributed by atoms with Gasteiger partial charge in [-0.1, -0.05) is 122 Å². The van der Waals surface area contributed by atoms with Crippen LogP contribution in [0.4, 0.5) is 0 Å². The second-order valence-electron chi connectivity index (χ2n) is 17.0. The van der Waals surface area contributed by atoms with Crippen LogP contribution in [-0.2, 0) is 14.9 Å². The van der Waals surface area contributed by atoms with Gasteiger partial charge in [0.15, 0.2) is 0 Å². The molecule has 6 heteroatoms. The molecule has 0 unspecified atom stereocenters. The maximum atomic E-state index is 11.5. The Balaban J connectivity index is 0.991. The summed E-state index contributed by atoms with van der Waals surface area (Å²) in [5, 5.41) is 0. The first-order chi connectivity index (χ1) is 29.3. The summed E-state index contributed by atoms with van der Waals surface area (Å²) in [7, 11) is 0. The molecule has 0 fully saturated rings. The topological polar surface area (TPSA) is 35.5 Å². The van der Waals surface area contributed by atoms with Crippen molar-refractivity contribution in [3.05, 3.63) is 113 Å². The number of hydrogen-bond acceptors (Lipinski definition) is 6. The lowest BCUT2D eigenvalue weighted by atomic mass is 9.70. The number of thiophene rings is 3. The SMILES string of the molecule is C=C(C)C(=O)OCCCCCCCCCCOc1ccc(-c2ccc(-c3ccc4c(c3)C(CCCCC)(CCCCC)c3cc(-c5cc6sc(C)cc6s5)ccc3-4)s2)cc1. The Bertz CT molecular complexity index is 2300. The fourth-order valence-electron chi connectivity index (χ4n) is 9.02. The van der Waals surface area contributed by atoms with E-state index in [-0.39, 0.29) is 11.4 Å². The molecular weight excluding hydrogens is 793 g/mol. The molecule has 316 valence electrons. The molecule has 0 spiro atoms. The highest BCUT2D eigenvalue weighted by atomic mass is 32.1. The average molecular weight is 857 g/mol. The van der Waals surface area contributed by atoms with Gasteiger partial charge in [-0.05, 0) is 139 Å². The van der Waals surface area contributed by atoms with E-state index in [9.17, 15) is 4.79 Å². The van der Waals surface area contributed by atoms with Crippen molar-refractivity contribution in [1.82, 2.24) is 0 Å². The number of unbranched alkanes of at least 4 members (excludes halogenated alkanes) is 11. The van der Waals surface area contributed by atoms with Crippen molar-refractivity contribution in [2.45, 2.75) is 136 Å². The lowest BCUT2D eigenvalue weighted by molar-refractivity contribution is -0.139. The van der Waals surface area contributed by atoms with Gasteiger partial charge in [0.05, 0.1) is 13.2 Å². The van der Waals surface area contributed by atoms with Gasteiger partial charge in [-0.15, -0.1) is 34.0 Å². The normalized spacial score (nSPS) is 12.8. The molecule has 3 heterocycles. The monoisotopic (exact) mass is 856 g/mol. The van der Waals surface area contributed by atoms with Crippen LogP contribution < -0.4 is 4.74 Å².